The van der Waals surface area contributed by atoms with E-state index >= 15 is 0 Å². The topological polar surface area (TPSA) is 79.7 Å². The number of nitrogens with zero attached hydrogens (tertiary/aromatic N) is 5. The maximum atomic E-state index is 12.9. The molecule has 0 aromatic carbocycles. The molecule has 0 bridgehead atoms. The Labute approximate surface area is 189 Å². The Balaban J connectivity index is 1.18. The lowest BCUT2D eigenvalue weighted by Gasteiger charge is -2.32. The molecule has 0 atom stereocenters. The molecule has 3 aromatic rings. The zero-order valence-corrected chi connectivity index (χ0v) is 19.1. The molecule has 7 nitrogen and oxygen atoms in total. The molecule has 4 heterocycles. The van der Waals surface area contributed by atoms with Crippen molar-refractivity contribution in [1.29, 1.82) is 0 Å². The van der Waals surface area contributed by atoms with E-state index in [0.29, 0.717) is 12.3 Å². The molecule has 168 valence electrons. The molecular formula is C25H32N6O. The number of nitrogens with one attached hydrogen (secondary N) is 1. The second kappa shape index (κ2) is 8.88. The number of pyridine rings is 1. The van der Waals surface area contributed by atoms with Crippen LogP contribution < -0.4 is 0 Å². The smallest absolute Gasteiger partial charge is 0.222 e. The highest BCUT2D eigenvalue weighted by Crippen LogP contribution is 2.31. The number of fused-ring (bicyclic) bond motifs is 1. The molecular weight excluding hydrogens is 400 g/mol. The molecule has 0 saturated carbocycles. The number of hydrogen-bond acceptors (Lipinski definition) is 4. The first kappa shape index (κ1) is 20.9. The van der Waals surface area contributed by atoms with Gasteiger partial charge in [0, 0.05) is 67.7 Å². The third-order valence-electron chi connectivity index (χ3n) is 7.00. The molecule has 3 aromatic heterocycles. The SMILES string of the molecule is Cc1cc(-c2cnn(C)c2)cc(C2CCN(C(=O)CCc3n[nH]c4c3CCCC4)CC2)n1. The number of aryl methyl sites for hydroxylation is 4. The van der Waals surface area contributed by atoms with Crippen molar-refractivity contribution in [3.8, 4) is 11.1 Å². The molecule has 1 saturated heterocycles. The van der Waals surface area contributed by atoms with Crippen LogP contribution in [0.5, 0.6) is 0 Å². The van der Waals surface area contributed by atoms with Crippen molar-refractivity contribution in [3.63, 3.8) is 0 Å². The van der Waals surface area contributed by atoms with E-state index in [9.17, 15) is 4.79 Å². The van der Waals surface area contributed by atoms with E-state index in [0.717, 1.165) is 67.8 Å². The maximum Gasteiger partial charge on any atom is 0.222 e. The summed E-state index contributed by atoms with van der Waals surface area (Å²) in [6.07, 6.45) is 11.8. The van der Waals surface area contributed by atoms with Crippen LogP contribution >= 0.6 is 0 Å². The molecule has 2 aliphatic rings. The highest BCUT2D eigenvalue weighted by Gasteiger charge is 2.26. The highest BCUT2D eigenvalue weighted by atomic mass is 16.2. The van der Waals surface area contributed by atoms with Gasteiger partial charge in [0.1, 0.15) is 0 Å². The Bertz CT molecular complexity index is 1110. The maximum absolute atomic E-state index is 12.9. The first-order chi connectivity index (χ1) is 15.6. The number of piperidine rings is 1. The molecule has 7 heteroatoms. The van der Waals surface area contributed by atoms with Gasteiger partial charge in [-0.3, -0.25) is 19.6 Å². The Morgan fingerprint density at radius 2 is 1.97 bits per heavy atom. The lowest BCUT2D eigenvalue weighted by molar-refractivity contribution is -0.132. The lowest BCUT2D eigenvalue weighted by Crippen LogP contribution is -2.38. The van der Waals surface area contributed by atoms with Crippen molar-refractivity contribution in [2.24, 2.45) is 7.05 Å². The van der Waals surface area contributed by atoms with E-state index in [2.05, 4.69) is 34.4 Å². The predicted molar refractivity (Wildman–Crippen MR) is 123 cm³/mol. The van der Waals surface area contributed by atoms with E-state index in [-0.39, 0.29) is 5.91 Å². The molecule has 1 fully saturated rings. The minimum absolute atomic E-state index is 0.254. The summed E-state index contributed by atoms with van der Waals surface area (Å²) in [5, 5.41) is 12.0. The Hall–Kier alpha value is -2.96. The van der Waals surface area contributed by atoms with Crippen LogP contribution in [0.15, 0.2) is 24.5 Å². The van der Waals surface area contributed by atoms with Crippen molar-refractivity contribution < 1.29 is 4.79 Å². The molecule has 0 unspecified atom stereocenters. The summed E-state index contributed by atoms with van der Waals surface area (Å²) in [6, 6.07) is 4.32. The van der Waals surface area contributed by atoms with E-state index in [1.165, 1.54) is 29.7 Å². The Morgan fingerprint density at radius 1 is 1.16 bits per heavy atom. The number of hydrogen-bond donors (Lipinski definition) is 1. The monoisotopic (exact) mass is 432 g/mol. The average Bonchev–Trinajstić information content (AvgIpc) is 3.43. The predicted octanol–water partition coefficient (Wildman–Crippen LogP) is 3.73. The van der Waals surface area contributed by atoms with Crippen LogP contribution in [0.1, 0.15) is 66.4 Å². The zero-order valence-electron chi connectivity index (χ0n) is 19.1. The van der Waals surface area contributed by atoms with Crippen LogP contribution in [0.4, 0.5) is 0 Å². The van der Waals surface area contributed by atoms with Crippen LogP contribution in [-0.2, 0) is 31.1 Å². The summed E-state index contributed by atoms with van der Waals surface area (Å²) in [6.45, 7) is 3.66. The molecule has 0 radical (unpaired) electrons. The fourth-order valence-corrected chi connectivity index (χ4v) is 5.20. The van der Waals surface area contributed by atoms with Gasteiger partial charge in [-0.1, -0.05) is 0 Å². The summed E-state index contributed by atoms with van der Waals surface area (Å²) in [4.78, 5) is 19.7. The summed E-state index contributed by atoms with van der Waals surface area (Å²) in [5.41, 5.74) is 8.22. The first-order valence-electron chi connectivity index (χ1n) is 11.9. The molecule has 32 heavy (non-hydrogen) atoms. The van der Waals surface area contributed by atoms with E-state index < -0.39 is 0 Å². The first-order valence-corrected chi connectivity index (χ1v) is 11.9. The van der Waals surface area contributed by atoms with Crippen LogP contribution in [0.25, 0.3) is 11.1 Å². The van der Waals surface area contributed by atoms with E-state index in [1.54, 1.807) is 0 Å². The fraction of sp³-hybridized carbons (Fsp3) is 0.520. The number of aromatic amines is 1. The number of likely N-dealkylation sites (tertiary alicyclic amines) is 1. The lowest BCUT2D eigenvalue weighted by atomic mass is 9.91. The second-order valence-electron chi connectivity index (χ2n) is 9.31. The molecule has 1 aliphatic carbocycles. The Kier molecular flexibility index (Phi) is 5.81. The second-order valence-corrected chi connectivity index (χ2v) is 9.31. The van der Waals surface area contributed by atoms with E-state index in [4.69, 9.17) is 4.98 Å². The van der Waals surface area contributed by atoms with Crippen molar-refractivity contribution >= 4 is 5.91 Å². The van der Waals surface area contributed by atoms with Gasteiger partial charge in [-0.25, -0.2) is 0 Å². The van der Waals surface area contributed by atoms with Gasteiger partial charge in [0.15, 0.2) is 0 Å². The standard InChI is InChI=1S/C25H32N6O/c1-17-13-19(20-15-26-30(2)16-20)14-24(27-17)18-9-11-31(12-10-18)25(32)8-7-23-21-5-3-4-6-22(21)28-29-23/h13-16,18H,3-12H2,1-2H3,(H,28,29). The average molecular weight is 433 g/mol. The summed E-state index contributed by atoms with van der Waals surface area (Å²) >= 11 is 0. The summed E-state index contributed by atoms with van der Waals surface area (Å²) in [5.74, 6) is 0.650. The third kappa shape index (κ3) is 4.33. The molecule has 1 amide bonds. The van der Waals surface area contributed by atoms with Gasteiger partial charge in [0.2, 0.25) is 5.91 Å². The van der Waals surface area contributed by atoms with Gasteiger partial charge in [-0.05, 0) is 68.7 Å². The number of rotatable bonds is 5. The highest BCUT2D eigenvalue weighted by molar-refractivity contribution is 5.76. The minimum atomic E-state index is 0.254. The van der Waals surface area contributed by atoms with E-state index in [1.807, 2.05) is 29.0 Å². The summed E-state index contributed by atoms with van der Waals surface area (Å²) < 4.78 is 1.83. The normalized spacial score (nSPS) is 16.9. The van der Waals surface area contributed by atoms with Crippen molar-refractivity contribution in [2.45, 2.75) is 64.2 Å². The van der Waals surface area contributed by atoms with Crippen LogP contribution in [-0.4, -0.2) is 48.9 Å². The van der Waals surface area contributed by atoms with Crippen molar-refractivity contribution in [2.75, 3.05) is 13.1 Å². The van der Waals surface area contributed by atoms with Crippen LogP contribution in [0.3, 0.4) is 0 Å². The largest absolute Gasteiger partial charge is 0.343 e. The van der Waals surface area contributed by atoms with Gasteiger partial charge >= 0.3 is 0 Å². The molecule has 1 N–H and O–H groups in total. The fourth-order valence-electron chi connectivity index (χ4n) is 5.20. The number of aromatic nitrogens is 5. The van der Waals surface area contributed by atoms with Gasteiger partial charge in [0.05, 0.1) is 11.9 Å². The van der Waals surface area contributed by atoms with Crippen LogP contribution in [0.2, 0.25) is 0 Å². The molecule has 1 aliphatic heterocycles. The van der Waals surface area contributed by atoms with Gasteiger partial charge < -0.3 is 4.90 Å². The number of carbonyl (C=O) groups excluding carboxylic acids is 1. The zero-order chi connectivity index (χ0) is 22.1. The van der Waals surface area contributed by atoms with Gasteiger partial charge in [-0.2, -0.15) is 10.2 Å². The van der Waals surface area contributed by atoms with Crippen molar-refractivity contribution in [3.05, 3.63) is 52.9 Å². The molecule has 0 spiro atoms. The van der Waals surface area contributed by atoms with Gasteiger partial charge in [0.25, 0.3) is 0 Å². The third-order valence-corrected chi connectivity index (χ3v) is 7.00. The van der Waals surface area contributed by atoms with Crippen LogP contribution in [0, 0.1) is 6.92 Å². The number of carbonyl (C=O) groups is 1. The Morgan fingerprint density at radius 3 is 2.75 bits per heavy atom. The minimum Gasteiger partial charge on any atom is -0.343 e. The number of amides is 1. The molecule has 5 rings (SSSR count). The quantitative estimate of drug-likeness (QED) is 0.666. The summed E-state index contributed by atoms with van der Waals surface area (Å²) in [7, 11) is 1.94. The number of H-pyrrole nitrogens is 1. The van der Waals surface area contributed by atoms with Crippen molar-refractivity contribution in [1.82, 2.24) is 29.9 Å². The van der Waals surface area contributed by atoms with Gasteiger partial charge in [-0.15, -0.1) is 0 Å².